The lowest BCUT2D eigenvalue weighted by atomic mass is 10.2. The van der Waals surface area contributed by atoms with Crippen LogP contribution in [0.5, 0.6) is 0 Å². The molecule has 0 heterocycles. The first kappa shape index (κ1) is 17.3. The van der Waals surface area contributed by atoms with Gasteiger partial charge in [-0.1, -0.05) is 26.0 Å². The Hall–Kier alpha value is -0.720. The molecule has 0 aliphatic rings. The molecule has 1 atom stereocenters. The van der Waals surface area contributed by atoms with E-state index >= 15 is 0 Å². The highest BCUT2D eigenvalue weighted by Gasteiger charge is 2.16. The molecule has 1 unspecified atom stereocenters. The summed E-state index contributed by atoms with van der Waals surface area (Å²) in [5, 5.41) is 0. The van der Waals surface area contributed by atoms with Crippen molar-refractivity contribution in [3.05, 3.63) is 29.8 Å². The summed E-state index contributed by atoms with van der Waals surface area (Å²) in [6, 6.07) is 6.55. The maximum atomic E-state index is 12.1. The van der Waals surface area contributed by atoms with Gasteiger partial charge in [0, 0.05) is 28.9 Å². The van der Waals surface area contributed by atoms with Gasteiger partial charge < -0.3 is 5.73 Å². The fraction of sp³-hybridized carbons (Fsp3) is 0.571. The standard InChI is InChI=1S/C14H23NO3S2/c1-12(2)7-8-19(16)9-10-20(17,18)14-5-3-13(11-15)4-6-14/h3-6,12H,7-11,15H2,1-2H3. The fourth-order valence-electron chi connectivity index (χ4n) is 1.62. The molecule has 1 rings (SSSR count). The van der Waals surface area contributed by atoms with E-state index in [0.29, 0.717) is 18.2 Å². The maximum absolute atomic E-state index is 12.1. The number of rotatable bonds is 8. The zero-order valence-electron chi connectivity index (χ0n) is 12.0. The minimum absolute atomic E-state index is 0.0698. The highest BCUT2D eigenvalue weighted by atomic mass is 32.2. The number of sulfone groups is 1. The first-order valence-electron chi connectivity index (χ1n) is 6.72. The smallest absolute Gasteiger partial charge is 0.179 e. The van der Waals surface area contributed by atoms with Crippen molar-refractivity contribution in [3.63, 3.8) is 0 Å². The molecule has 0 aliphatic heterocycles. The molecule has 0 fully saturated rings. The van der Waals surface area contributed by atoms with Gasteiger partial charge in [-0.05, 0) is 30.0 Å². The number of nitrogens with two attached hydrogens (primary N) is 1. The topological polar surface area (TPSA) is 77.2 Å². The molecule has 20 heavy (non-hydrogen) atoms. The molecule has 0 aromatic heterocycles. The quantitative estimate of drug-likeness (QED) is 0.792. The Labute approximate surface area is 124 Å². The minimum atomic E-state index is -3.35. The van der Waals surface area contributed by atoms with E-state index in [0.717, 1.165) is 12.0 Å². The molecule has 4 nitrogen and oxygen atoms in total. The van der Waals surface area contributed by atoms with E-state index in [9.17, 15) is 12.6 Å². The van der Waals surface area contributed by atoms with Gasteiger partial charge in [-0.3, -0.25) is 4.21 Å². The average Bonchev–Trinajstić information content (AvgIpc) is 2.43. The summed E-state index contributed by atoms with van der Waals surface area (Å²) in [4.78, 5) is 0.274. The number of benzene rings is 1. The molecule has 0 bridgehead atoms. The van der Waals surface area contributed by atoms with Crippen LogP contribution in [0.15, 0.2) is 29.2 Å². The fourth-order valence-corrected chi connectivity index (χ4v) is 4.97. The lowest BCUT2D eigenvalue weighted by Gasteiger charge is -2.07. The van der Waals surface area contributed by atoms with Crippen molar-refractivity contribution in [2.75, 3.05) is 17.3 Å². The van der Waals surface area contributed by atoms with Crippen molar-refractivity contribution < 1.29 is 12.6 Å². The van der Waals surface area contributed by atoms with Crippen molar-refractivity contribution >= 4 is 20.6 Å². The van der Waals surface area contributed by atoms with Crippen molar-refractivity contribution in [3.8, 4) is 0 Å². The lowest BCUT2D eigenvalue weighted by molar-refractivity contribution is 0.596. The number of hydrogen-bond acceptors (Lipinski definition) is 4. The Kier molecular flexibility index (Phi) is 6.85. The summed E-state index contributed by atoms with van der Waals surface area (Å²) in [5.74, 6) is 1.19. The molecule has 0 radical (unpaired) electrons. The third-order valence-corrected chi connectivity index (χ3v) is 6.36. The van der Waals surface area contributed by atoms with Gasteiger partial charge in [-0.15, -0.1) is 0 Å². The molecule has 2 N–H and O–H groups in total. The van der Waals surface area contributed by atoms with Crippen LogP contribution in [-0.2, 0) is 27.2 Å². The van der Waals surface area contributed by atoms with Crippen LogP contribution in [0.4, 0.5) is 0 Å². The van der Waals surface area contributed by atoms with Crippen LogP contribution >= 0.6 is 0 Å². The monoisotopic (exact) mass is 317 g/mol. The van der Waals surface area contributed by atoms with Crippen LogP contribution < -0.4 is 5.73 Å². The van der Waals surface area contributed by atoms with Gasteiger partial charge in [0.15, 0.2) is 9.84 Å². The third-order valence-electron chi connectivity index (χ3n) is 3.02. The van der Waals surface area contributed by atoms with Gasteiger partial charge in [-0.25, -0.2) is 8.42 Å². The zero-order chi connectivity index (χ0) is 15.2. The van der Waals surface area contributed by atoms with Gasteiger partial charge in [0.25, 0.3) is 0 Å². The Balaban J connectivity index is 2.58. The van der Waals surface area contributed by atoms with Gasteiger partial charge in [0.1, 0.15) is 0 Å². The third kappa shape index (κ3) is 5.73. The molecule has 6 heteroatoms. The predicted molar refractivity (Wildman–Crippen MR) is 83.7 cm³/mol. The van der Waals surface area contributed by atoms with Gasteiger partial charge >= 0.3 is 0 Å². The Morgan fingerprint density at radius 2 is 1.75 bits per heavy atom. The molecule has 0 aliphatic carbocycles. The van der Waals surface area contributed by atoms with Crippen molar-refractivity contribution in [1.82, 2.24) is 0 Å². The molecule has 1 aromatic rings. The summed E-state index contributed by atoms with van der Waals surface area (Å²) in [6.07, 6.45) is 0.859. The van der Waals surface area contributed by atoms with Gasteiger partial charge in [0.2, 0.25) is 0 Å². The molecule has 1 aromatic carbocycles. The largest absolute Gasteiger partial charge is 0.326 e. The average molecular weight is 317 g/mol. The van der Waals surface area contributed by atoms with Gasteiger partial charge in [-0.2, -0.15) is 0 Å². The highest BCUT2D eigenvalue weighted by molar-refractivity contribution is 7.93. The first-order chi connectivity index (χ1) is 9.35. The second-order valence-corrected chi connectivity index (χ2v) is 9.00. The van der Waals surface area contributed by atoms with Crippen LogP contribution in [0.3, 0.4) is 0 Å². The van der Waals surface area contributed by atoms with E-state index < -0.39 is 20.6 Å². The SMILES string of the molecule is CC(C)CCS(=O)CCS(=O)(=O)c1ccc(CN)cc1. The van der Waals surface area contributed by atoms with E-state index in [2.05, 4.69) is 13.8 Å². The normalized spacial score (nSPS) is 13.6. The van der Waals surface area contributed by atoms with Gasteiger partial charge in [0.05, 0.1) is 10.6 Å². The Morgan fingerprint density at radius 1 is 1.15 bits per heavy atom. The second kappa shape index (κ2) is 7.90. The summed E-state index contributed by atoms with van der Waals surface area (Å²) in [7, 11) is -4.42. The molecular formula is C14H23NO3S2. The summed E-state index contributed by atoms with van der Waals surface area (Å²) < 4.78 is 36.0. The molecule has 0 saturated carbocycles. The van der Waals surface area contributed by atoms with Crippen molar-refractivity contribution in [2.24, 2.45) is 11.7 Å². The highest BCUT2D eigenvalue weighted by Crippen LogP contribution is 2.13. The lowest BCUT2D eigenvalue weighted by Crippen LogP contribution is -2.16. The van der Waals surface area contributed by atoms with Crippen LogP contribution in [0.2, 0.25) is 0 Å². The molecule has 0 spiro atoms. The molecule has 0 amide bonds. The van der Waals surface area contributed by atoms with Crippen LogP contribution in [-0.4, -0.2) is 29.9 Å². The van der Waals surface area contributed by atoms with Crippen LogP contribution in [0, 0.1) is 5.92 Å². The molecule has 114 valence electrons. The van der Waals surface area contributed by atoms with E-state index in [-0.39, 0.29) is 16.4 Å². The predicted octanol–water partition coefficient (Wildman–Crippen LogP) is 1.71. The zero-order valence-corrected chi connectivity index (χ0v) is 13.7. The minimum Gasteiger partial charge on any atom is -0.326 e. The molecular weight excluding hydrogens is 294 g/mol. The Morgan fingerprint density at radius 3 is 2.25 bits per heavy atom. The Bertz CT molecular complexity index is 536. The van der Waals surface area contributed by atoms with Crippen LogP contribution in [0.1, 0.15) is 25.8 Å². The van der Waals surface area contributed by atoms with E-state index in [4.69, 9.17) is 5.73 Å². The summed E-state index contributed by atoms with van der Waals surface area (Å²) >= 11 is 0. The van der Waals surface area contributed by atoms with E-state index in [1.165, 1.54) is 0 Å². The van der Waals surface area contributed by atoms with E-state index in [1.807, 2.05) is 0 Å². The summed E-state index contributed by atoms with van der Waals surface area (Å²) in [5.41, 5.74) is 6.37. The van der Waals surface area contributed by atoms with Crippen LogP contribution in [0.25, 0.3) is 0 Å². The molecule has 0 saturated heterocycles. The first-order valence-corrected chi connectivity index (χ1v) is 9.86. The second-order valence-electron chi connectivity index (χ2n) is 5.20. The number of hydrogen-bond donors (Lipinski definition) is 1. The summed E-state index contributed by atoms with van der Waals surface area (Å²) in [6.45, 7) is 4.51. The maximum Gasteiger partial charge on any atom is 0.179 e. The van der Waals surface area contributed by atoms with Crippen molar-refractivity contribution in [2.45, 2.75) is 31.7 Å². The van der Waals surface area contributed by atoms with E-state index in [1.54, 1.807) is 24.3 Å². The van der Waals surface area contributed by atoms with Crippen molar-refractivity contribution in [1.29, 1.82) is 0 Å².